The van der Waals surface area contributed by atoms with Gasteiger partial charge in [-0.05, 0) is 18.2 Å². The molecule has 1 aliphatic heterocycles. The third-order valence-corrected chi connectivity index (χ3v) is 3.83. The summed E-state index contributed by atoms with van der Waals surface area (Å²) in [6.07, 6.45) is 0.841. The number of nitro groups is 1. The van der Waals surface area contributed by atoms with Crippen molar-refractivity contribution >= 4 is 47.0 Å². The average Bonchev–Trinajstić information content (AvgIpc) is 2.90. The standard InChI is InChI=1S/C18H21N5O4.HI/c19-18(21-9-8-20-14-4-1-2-5-15(14)23(24)25)22-13-6-7-16-17(12-13)27-11-3-10-26-16;/h1-2,4-7,12,20H,3,8-11H2,(H3,19,21,22);1H. The molecule has 9 nitrogen and oxygen atoms in total. The maximum atomic E-state index is 11.0. The van der Waals surface area contributed by atoms with Crippen LogP contribution in [0.4, 0.5) is 17.1 Å². The normalized spacial score (nSPS) is 13.1. The second-order valence-corrected chi connectivity index (χ2v) is 5.80. The number of rotatable bonds is 6. The van der Waals surface area contributed by atoms with E-state index in [1.165, 1.54) is 6.07 Å². The highest BCUT2D eigenvalue weighted by molar-refractivity contribution is 14.0. The molecule has 0 fully saturated rings. The van der Waals surface area contributed by atoms with E-state index in [2.05, 4.69) is 15.6 Å². The number of para-hydroxylation sites is 2. The Morgan fingerprint density at radius 3 is 2.71 bits per heavy atom. The maximum absolute atomic E-state index is 11.0. The smallest absolute Gasteiger partial charge is 0.292 e. The van der Waals surface area contributed by atoms with E-state index in [9.17, 15) is 10.1 Å². The van der Waals surface area contributed by atoms with Gasteiger partial charge in [0.15, 0.2) is 17.5 Å². The Morgan fingerprint density at radius 1 is 1.18 bits per heavy atom. The number of halogens is 1. The van der Waals surface area contributed by atoms with Crippen molar-refractivity contribution in [3.8, 4) is 11.5 Å². The highest BCUT2D eigenvalue weighted by atomic mass is 127. The van der Waals surface area contributed by atoms with E-state index in [-0.39, 0.29) is 35.6 Å². The Bertz CT molecular complexity index is 846. The summed E-state index contributed by atoms with van der Waals surface area (Å²) in [6.45, 7) is 2.01. The first-order valence-electron chi connectivity index (χ1n) is 8.57. The van der Waals surface area contributed by atoms with E-state index < -0.39 is 4.92 Å². The van der Waals surface area contributed by atoms with E-state index in [4.69, 9.17) is 15.2 Å². The number of nitrogens with two attached hydrogens (primary N) is 1. The highest BCUT2D eigenvalue weighted by Gasteiger charge is 2.12. The molecule has 0 spiro atoms. The molecule has 0 saturated carbocycles. The van der Waals surface area contributed by atoms with Crippen molar-refractivity contribution in [3.63, 3.8) is 0 Å². The van der Waals surface area contributed by atoms with Crippen LogP contribution in [-0.4, -0.2) is 37.2 Å². The molecular formula is C18H22IN5O4. The lowest BCUT2D eigenvalue weighted by Crippen LogP contribution is -2.23. The average molecular weight is 499 g/mol. The molecule has 10 heteroatoms. The third-order valence-electron chi connectivity index (χ3n) is 3.83. The number of hydrogen-bond donors (Lipinski definition) is 3. The number of aliphatic imine (C=N–C) groups is 1. The van der Waals surface area contributed by atoms with E-state index >= 15 is 0 Å². The summed E-state index contributed by atoms with van der Waals surface area (Å²) in [5.41, 5.74) is 7.12. The third kappa shape index (κ3) is 5.87. The van der Waals surface area contributed by atoms with Crippen LogP contribution in [0.2, 0.25) is 0 Å². The van der Waals surface area contributed by atoms with Crippen LogP contribution < -0.4 is 25.8 Å². The van der Waals surface area contributed by atoms with Crippen LogP contribution in [-0.2, 0) is 0 Å². The van der Waals surface area contributed by atoms with Gasteiger partial charge in [0.25, 0.3) is 5.69 Å². The Hall–Kier alpha value is -2.76. The summed E-state index contributed by atoms with van der Waals surface area (Å²) in [4.78, 5) is 14.8. The molecule has 28 heavy (non-hydrogen) atoms. The number of nitrogens with zero attached hydrogens (tertiary/aromatic N) is 2. The SMILES string of the molecule is I.NC(=NCCNc1ccccc1[N+](=O)[O-])Nc1ccc2c(c1)OCCCO2. The molecule has 0 unspecified atom stereocenters. The summed E-state index contributed by atoms with van der Waals surface area (Å²) in [5.74, 6) is 1.62. The Labute approximate surface area is 179 Å². The van der Waals surface area contributed by atoms with Gasteiger partial charge in [-0.25, -0.2) is 0 Å². The number of benzene rings is 2. The first kappa shape index (κ1) is 21.5. The van der Waals surface area contributed by atoms with Gasteiger partial charge in [0.05, 0.1) is 24.7 Å². The van der Waals surface area contributed by atoms with E-state index in [1.807, 2.05) is 18.2 Å². The van der Waals surface area contributed by atoms with Crippen molar-refractivity contribution in [2.24, 2.45) is 10.7 Å². The Balaban J connectivity index is 0.00000280. The van der Waals surface area contributed by atoms with Gasteiger partial charge in [-0.2, -0.15) is 0 Å². The van der Waals surface area contributed by atoms with E-state index in [1.54, 1.807) is 18.2 Å². The van der Waals surface area contributed by atoms with Crippen LogP contribution in [0.3, 0.4) is 0 Å². The van der Waals surface area contributed by atoms with E-state index in [0.29, 0.717) is 43.5 Å². The number of fused-ring (bicyclic) bond motifs is 1. The van der Waals surface area contributed by atoms with Gasteiger partial charge < -0.3 is 25.8 Å². The van der Waals surface area contributed by atoms with E-state index in [0.717, 1.165) is 12.1 Å². The van der Waals surface area contributed by atoms with Crippen molar-refractivity contribution in [1.82, 2.24) is 0 Å². The lowest BCUT2D eigenvalue weighted by atomic mass is 10.2. The molecule has 0 amide bonds. The van der Waals surface area contributed by atoms with Gasteiger partial charge in [-0.1, -0.05) is 12.1 Å². The highest BCUT2D eigenvalue weighted by Crippen LogP contribution is 2.32. The fourth-order valence-corrected chi connectivity index (χ4v) is 2.58. The molecule has 150 valence electrons. The van der Waals surface area contributed by atoms with Gasteiger partial charge in [0.2, 0.25) is 0 Å². The fraction of sp³-hybridized carbons (Fsp3) is 0.278. The minimum atomic E-state index is -0.425. The molecule has 1 heterocycles. The topological polar surface area (TPSA) is 124 Å². The van der Waals surface area contributed by atoms with Crippen LogP contribution >= 0.6 is 24.0 Å². The number of hydrogen-bond acceptors (Lipinski definition) is 6. The Kier molecular flexibility index (Phi) is 8.11. The first-order chi connectivity index (χ1) is 13.1. The van der Waals surface area contributed by atoms with Crippen LogP contribution in [0.15, 0.2) is 47.5 Å². The van der Waals surface area contributed by atoms with Gasteiger partial charge in [0.1, 0.15) is 5.69 Å². The minimum Gasteiger partial charge on any atom is -0.490 e. The fourth-order valence-electron chi connectivity index (χ4n) is 2.58. The summed E-state index contributed by atoms with van der Waals surface area (Å²) >= 11 is 0. The number of anilines is 2. The number of ether oxygens (including phenoxy) is 2. The molecule has 4 N–H and O–H groups in total. The number of nitro benzene ring substituents is 1. The number of nitrogens with one attached hydrogen (secondary N) is 2. The molecule has 0 radical (unpaired) electrons. The molecular weight excluding hydrogens is 477 g/mol. The first-order valence-corrected chi connectivity index (χ1v) is 8.57. The molecule has 0 bridgehead atoms. The summed E-state index contributed by atoms with van der Waals surface area (Å²) < 4.78 is 11.2. The van der Waals surface area contributed by atoms with Crippen molar-refractivity contribution in [1.29, 1.82) is 0 Å². The summed E-state index contributed by atoms with van der Waals surface area (Å²) in [6, 6.07) is 11.9. The molecule has 1 aliphatic rings. The second kappa shape index (κ2) is 10.5. The number of guanidine groups is 1. The molecule has 3 rings (SSSR count). The molecule has 0 aromatic heterocycles. The van der Waals surface area contributed by atoms with Gasteiger partial charge >= 0.3 is 0 Å². The van der Waals surface area contributed by atoms with Gasteiger partial charge in [0, 0.05) is 30.8 Å². The molecule has 0 aliphatic carbocycles. The largest absolute Gasteiger partial charge is 0.490 e. The van der Waals surface area contributed by atoms with Crippen molar-refractivity contribution in [3.05, 3.63) is 52.6 Å². The minimum absolute atomic E-state index is 0. The van der Waals surface area contributed by atoms with Crippen LogP contribution in [0.5, 0.6) is 11.5 Å². The lowest BCUT2D eigenvalue weighted by molar-refractivity contribution is -0.384. The van der Waals surface area contributed by atoms with Gasteiger partial charge in [-0.15, -0.1) is 24.0 Å². The zero-order chi connectivity index (χ0) is 19.1. The quantitative estimate of drug-likeness (QED) is 0.139. The molecule has 0 saturated heterocycles. The predicted molar refractivity (Wildman–Crippen MR) is 119 cm³/mol. The van der Waals surface area contributed by atoms with Crippen LogP contribution in [0.1, 0.15) is 6.42 Å². The summed E-state index contributed by atoms with van der Waals surface area (Å²) in [5, 5.41) is 17.0. The maximum Gasteiger partial charge on any atom is 0.292 e. The van der Waals surface area contributed by atoms with Crippen molar-refractivity contribution in [2.45, 2.75) is 6.42 Å². The Morgan fingerprint density at radius 2 is 1.93 bits per heavy atom. The molecule has 2 aromatic rings. The molecule has 2 aromatic carbocycles. The van der Waals surface area contributed by atoms with Crippen molar-refractivity contribution in [2.75, 3.05) is 36.9 Å². The second-order valence-electron chi connectivity index (χ2n) is 5.80. The van der Waals surface area contributed by atoms with Crippen LogP contribution in [0, 0.1) is 10.1 Å². The molecule has 0 atom stereocenters. The lowest BCUT2D eigenvalue weighted by Gasteiger charge is -2.11. The van der Waals surface area contributed by atoms with Crippen molar-refractivity contribution < 1.29 is 14.4 Å². The zero-order valence-corrected chi connectivity index (χ0v) is 17.4. The van der Waals surface area contributed by atoms with Gasteiger partial charge in [-0.3, -0.25) is 15.1 Å². The monoisotopic (exact) mass is 499 g/mol. The van der Waals surface area contributed by atoms with Crippen LogP contribution in [0.25, 0.3) is 0 Å². The zero-order valence-electron chi connectivity index (χ0n) is 15.1. The predicted octanol–water partition coefficient (Wildman–Crippen LogP) is 3.21. The summed E-state index contributed by atoms with van der Waals surface area (Å²) in [7, 11) is 0.